The first-order valence-electron chi connectivity index (χ1n) is 14.2. The maximum atomic E-state index is 13.7. The van der Waals surface area contributed by atoms with Crippen molar-refractivity contribution in [1.82, 2.24) is 25.2 Å². The number of hydrogen-bond acceptors (Lipinski definition) is 8. The molecule has 0 bridgehead atoms. The third kappa shape index (κ3) is 7.41. The van der Waals surface area contributed by atoms with Gasteiger partial charge < -0.3 is 20.3 Å². The molecule has 12 nitrogen and oxygen atoms in total. The van der Waals surface area contributed by atoms with Crippen LogP contribution < -0.4 is 15.4 Å². The van der Waals surface area contributed by atoms with Gasteiger partial charge in [-0.2, -0.15) is 0 Å². The topological polar surface area (TPSA) is 164 Å². The van der Waals surface area contributed by atoms with Crippen LogP contribution in [0.1, 0.15) is 72.1 Å². The Morgan fingerprint density at radius 2 is 1.93 bits per heavy atom. The van der Waals surface area contributed by atoms with Gasteiger partial charge in [0.05, 0.1) is 5.02 Å². The first-order chi connectivity index (χ1) is 19.7. The van der Waals surface area contributed by atoms with Crippen LogP contribution in [0.3, 0.4) is 0 Å². The molecule has 230 valence electrons. The second-order valence-electron chi connectivity index (χ2n) is 12.0. The van der Waals surface area contributed by atoms with Crippen molar-refractivity contribution >= 4 is 45.4 Å². The molecular formula is C28H38ClN5O7S. The molecule has 4 atom stereocenters. The van der Waals surface area contributed by atoms with Gasteiger partial charge in [-0.15, -0.1) is 0 Å². The number of hydrogen-bond donors (Lipinski definition) is 3. The smallest absolute Gasteiger partial charge is 0.408 e. The van der Waals surface area contributed by atoms with Gasteiger partial charge in [0, 0.05) is 24.9 Å². The van der Waals surface area contributed by atoms with Crippen LogP contribution >= 0.6 is 11.6 Å². The fourth-order valence-corrected chi connectivity index (χ4v) is 6.84. The van der Waals surface area contributed by atoms with Crippen LogP contribution in [0.4, 0.5) is 4.79 Å². The zero-order chi connectivity index (χ0) is 30.7. The summed E-state index contributed by atoms with van der Waals surface area (Å²) in [5.74, 6) is -2.28. The zero-order valence-corrected chi connectivity index (χ0v) is 25.6. The van der Waals surface area contributed by atoms with E-state index < -0.39 is 63.0 Å². The highest BCUT2D eigenvalue weighted by molar-refractivity contribution is 7.90. The average Bonchev–Trinajstić information content (AvgIpc) is 3.35. The van der Waals surface area contributed by atoms with Gasteiger partial charge in [-0.3, -0.25) is 19.4 Å². The molecule has 2 fully saturated rings. The standard InChI is InChI=1S/C28H38ClN5O7S/c1-27(2,3)41-26(38)31-20-11-8-6-4-5-7-10-18-16-28(18,32-23(35)21-12-9-15-34(21)24(20)36)25(37)33-42(39,40)22-17-30-14-13-19(22)29/h7,10,13-14,17-18,20-21H,4-6,8-9,11-12,15-16H2,1-3H3,(H,31,38)(H,32,35)(H,33,37)/t18-,20+,21+,28-/m1/s1. The van der Waals surface area contributed by atoms with Crippen LogP contribution in [0.25, 0.3) is 0 Å². The Morgan fingerprint density at radius 1 is 1.17 bits per heavy atom. The minimum Gasteiger partial charge on any atom is -0.444 e. The van der Waals surface area contributed by atoms with Crippen LogP contribution in [-0.2, 0) is 29.1 Å². The highest BCUT2D eigenvalue weighted by Crippen LogP contribution is 2.46. The Morgan fingerprint density at radius 3 is 2.64 bits per heavy atom. The molecule has 4 amide bonds. The van der Waals surface area contributed by atoms with Gasteiger partial charge in [0.1, 0.15) is 28.1 Å². The maximum absolute atomic E-state index is 13.7. The van der Waals surface area contributed by atoms with Gasteiger partial charge in [-0.05, 0) is 65.4 Å². The minimum absolute atomic E-state index is 0.101. The van der Waals surface area contributed by atoms with Gasteiger partial charge in [-0.25, -0.2) is 17.9 Å². The highest BCUT2D eigenvalue weighted by Gasteiger charge is 2.61. The Balaban J connectivity index is 1.57. The van der Waals surface area contributed by atoms with Crippen LogP contribution in [0.15, 0.2) is 35.5 Å². The van der Waals surface area contributed by atoms with Crippen molar-refractivity contribution in [2.45, 2.75) is 100 Å². The number of allylic oxidation sites excluding steroid dienone is 1. The molecular weight excluding hydrogens is 586 g/mol. The summed E-state index contributed by atoms with van der Waals surface area (Å²) in [6.45, 7) is 5.49. The second kappa shape index (κ2) is 12.6. The third-order valence-corrected chi connectivity index (χ3v) is 9.38. The SMILES string of the molecule is CC(C)(C)OC(=O)N[C@H]1CCCCCC=C[C@@H]2C[C@@]2(C(=O)NS(=O)(=O)c2cnccc2Cl)NC(=O)[C@@H]2CCCN2C1=O. The van der Waals surface area contributed by atoms with Gasteiger partial charge >= 0.3 is 6.09 Å². The van der Waals surface area contributed by atoms with Gasteiger partial charge in [-0.1, -0.05) is 36.6 Å². The maximum Gasteiger partial charge on any atom is 0.408 e. The van der Waals surface area contributed by atoms with E-state index in [9.17, 15) is 27.6 Å². The van der Waals surface area contributed by atoms with Crippen molar-refractivity contribution in [2.24, 2.45) is 5.92 Å². The number of sulfonamides is 1. The fourth-order valence-electron chi connectivity index (χ4n) is 5.37. The van der Waals surface area contributed by atoms with Crippen molar-refractivity contribution < 1.29 is 32.3 Å². The number of aromatic nitrogens is 1. The predicted octanol–water partition coefficient (Wildman–Crippen LogP) is 2.82. The highest BCUT2D eigenvalue weighted by atomic mass is 35.5. The molecule has 4 rings (SSSR count). The Kier molecular flexibility index (Phi) is 9.51. The predicted molar refractivity (Wildman–Crippen MR) is 154 cm³/mol. The molecule has 3 N–H and O–H groups in total. The molecule has 0 unspecified atom stereocenters. The van der Waals surface area contributed by atoms with E-state index in [0.717, 1.165) is 19.0 Å². The van der Waals surface area contributed by atoms with Crippen molar-refractivity contribution in [3.63, 3.8) is 0 Å². The lowest BCUT2D eigenvalue weighted by molar-refractivity contribution is -0.141. The van der Waals surface area contributed by atoms with E-state index in [0.29, 0.717) is 38.6 Å². The monoisotopic (exact) mass is 623 g/mol. The molecule has 1 saturated heterocycles. The third-order valence-electron chi connectivity index (χ3n) is 7.58. The lowest BCUT2D eigenvalue weighted by atomic mass is 10.0. The van der Waals surface area contributed by atoms with Crippen molar-refractivity contribution in [3.8, 4) is 0 Å². The quantitative estimate of drug-likeness (QED) is 0.431. The van der Waals surface area contributed by atoms with E-state index >= 15 is 0 Å². The van der Waals surface area contributed by atoms with Crippen LogP contribution in [0, 0.1) is 5.92 Å². The Bertz CT molecular complexity index is 1360. The van der Waals surface area contributed by atoms with Crippen LogP contribution in [-0.4, -0.2) is 71.9 Å². The summed E-state index contributed by atoms with van der Waals surface area (Å²) in [7, 11) is -4.38. The molecule has 3 aliphatic rings. The summed E-state index contributed by atoms with van der Waals surface area (Å²) < 4.78 is 33.4. The van der Waals surface area contributed by atoms with Crippen molar-refractivity contribution in [3.05, 3.63) is 35.6 Å². The normalized spacial score (nSPS) is 27.0. The molecule has 1 saturated carbocycles. The molecule has 0 aromatic carbocycles. The first-order valence-corrected chi connectivity index (χ1v) is 16.0. The number of alkyl carbamates (subject to hydrolysis) is 1. The van der Waals surface area contributed by atoms with Crippen LogP contribution in [0.5, 0.6) is 0 Å². The molecule has 1 aromatic heterocycles. The molecule has 3 heterocycles. The number of nitrogens with one attached hydrogen (secondary N) is 3. The number of rotatable bonds is 4. The number of fused-ring (bicyclic) bond motifs is 2. The van der Waals surface area contributed by atoms with E-state index in [-0.39, 0.29) is 16.3 Å². The zero-order valence-electron chi connectivity index (χ0n) is 24.0. The summed E-state index contributed by atoms with van der Waals surface area (Å²) in [5.41, 5.74) is -2.26. The van der Waals surface area contributed by atoms with E-state index in [1.165, 1.54) is 17.2 Å². The summed E-state index contributed by atoms with van der Waals surface area (Å²) in [5, 5.41) is 5.37. The number of nitrogens with zero attached hydrogens (tertiary/aromatic N) is 2. The number of ether oxygens (including phenoxy) is 1. The lowest BCUT2D eigenvalue weighted by Crippen LogP contribution is -2.58. The Labute approximate surface area is 251 Å². The summed E-state index contributed by atoms with van der Waals surface area (Å²) in [6.07, 6.45) is 9.86. The molecule has 42 heavy (non-hydrogen) atoms. The summed E-state index contributed by atoms with van der Waals surface area (Å²) in [6, 6.07) is -0.469. The minimum atomic E-state index is -4.38. The van der Waals surface area contributed by atoms with E-state index in [1.807, 2.05) is 12.2 Å². The molecule has 14 heteroatoms. The number of pyridine rings is 1. The lowest BCUT2D eigenvalue weighted by Gasteiger charge is -2.30. The number of carbonyl (C=O) groups excluding carboxylic acids is 4. The molecule has 0 radical (unpaired) electrons. The largest absolute Gasteiger partial charge is 0.444 e. The molecule has 0 spiro atoms. The number of carbonyl (C=O) groups is 4. The van der Waals surface area contributed by atoms with Gasteiger partial charge in [0.15, 0.2) is 0 Å². The molecule has 1 aliphatic carbocycles. The van der Waals surface area contributed by atoms with Gasteiger partial charge in [0.25, 0.3) is 15.9 Å². The molecule has 2 aliphatic heterocycles. The van der Waals surface area contributed by atoms with Crippen molar-refractivity contribution in [2.75, 3.05) is 6.54 Å². The second-order valence-corrected chi connectivity index (χ2v) is 14.0. The van der Waals surface area contributed by atoms with E-state index in [1.54, 1.807) is 20.8 Å². The fraction of sp³-hybridized carbons (Fsp3) is 0.607. The number of halogens is 1. The van der Waals surface area contributed by atoms with Gasteiger partial charge in [0.2, 0.25) is 11.8 Å². The summed E-state index contributed by atoms with van der Waals surface area (Å²) in [4.78, 5) is 58.2. The molecule has 1 aromatic rings. The first kappa shape index (κ1) is 31.7. The average molecular weight is 624 g/mol. The van der Waals surface area contributed by atoms with Crippen molar-refractivity contribution in [1.29, 1.82) is 0 Å². The van der Waals surface area contributed by atoms with Crippen LogP contribution in [0.2, 0.25) is 5.02 Å². The van der Waals surface area contributed by atoms with E-state index in [2.05, 4.69) is 20.3 Å². The number of amides is 4. The Hall–Kier alpha value is -3.19. The summed E-state index contributed by atoms with van der Waals surface area (Å²) >= 11 is 6.04. The van der Waals surface area contributed by atoms with E-state index in [4.69, 9.17) is 16.3 Å².